The number of hydrogen-bond acceptors (Lipinski definition) is 4. The molecule has 2 rings (SSSR count). The summed E-state index contributed by atoms with van der Waals surface area (Å²) in [4.78, 5) is 24.5. The second-order valence-electron chi connectivity index (χ2n) is 4.81. The van der Waals surface area contributed by atoms with E-state index in [0.717, 1.165) is 0 Å². The van der Waals surface area contributed by atoms with Gasteiger partial charge in [0, 0.05) is 36.9 Å². The van der Waals surface area contributed by atoms with Gasteiger partial charge in [-0.2, -0.15) is 0 Å². The molecule has 1 saturated heterocycles. The zero-order valence-electron chi connectivity index (χ0n) is 11.1. The number of thioether (sulfide) groups is 1. The van der Waals surface area contributed by atoms with Crippen LogP contribution in [0.15, 0.2) is 18.2 Å². The van der Waals surface area contributed by atoms with Gasteiger partial charge in [-0.05, 0) is 24.1 Å². The molecular weight excluding hydrogens is 281 g/mol. The van der Waals surface area contributed by atoms with Crippen LogP contribution < -0.4 is 4.90 Å². The molecule has 1 fully saturated rings. The predicted molar refractivity (Wildman–Crippen MR) is 75.9 cm³/mol. The standard InChI is InChI=1S/C14H16FNO3S/c1-9(18)20-8-10-4-14(19)16(6-10)12-2-3-13(15)11(5-12)7-17/h2-3,5,10,17H,4,6-8H2,1H3. The predicted octanol–water partition coefficient (Wildman–Crippen LogP) is 1.95. The van der Waals surface area contributed by atoms with Crippen molar-refractivity contribution in [1.82, 2.24) is 0 Å². The highest BCUT2D eigenvalue weighted by atomic mass is 32.2. The van der Waals surface area contributed by atoms with E-state index in [1.807, 2.05) is 0 Å². The average molecular weight is 297 g/mol. The van der Waals surface area contributed by atoms with Gasteiger partial charge in [0.25, 0.3) is 0 Å². The van der Waals surface area contributed by atoms with Crippen LogP contribution in [-0.2, 0) is 16.2 Å². The minimum Gasteiger partial charge on any atom is -0.392 e. The summed E-state index contributed by atoms with van der Waals surface area (Å²) in [6.07, 6.45) is 0.395. The van der Waals surface area contributed by atoms with Crippen LogP contribution in [0.2, 0.25) is 0 Å². The molecule has 1 aliphatic heterocycles. The van der Waals surface area contributed by atoms with Crippen molar-refractivity contribution >= 4 is 28.5 Å². The first kappa shape index (κ1) is 15.0. The van der Waals surface area contributed by atoms with Crippen LogP contribution in [0, 0.1) is 11.7 Å². The summed E-state index contributed by atoms with van der Waals surface area (Å²) in [5, 5.41) is 9.11. The van der Waals surface area contributed by atoms with E-state index in [-0.39, 0.29) is 22.5 Å². The zero-order chi connectivity index (χ0) is 14.7. The highest BCUT2D eigenvalue weighted by Crippen LogP contribution is 2.28. The monoisotopic (exact) mass is 297 g/mol. The lowest BCUT2D eigenvalue weighted by atomic mass is 10.1. The Labute approximate surface area is 121 Å². The number of aliphatic hydroxyl groups is 1. The van der Waals surface area contributed by atoms with E-state index in [0.29, 0.717) is 24.4 Å². The molecule has 0 radical (unpaired) electrons. The lowest BCUT2D eigenvalue weighted by molar-refractivity contribution is -0.117. The maximum absolute atomic E-state index is 13.3. The van der Waals surface area contributed by atoms with Crippen molar-refractivity contribution in [3.05, 3.63) is 29.6 Å². The summed E-state index contributed by atoms with van der Waals surface area (Å²) < 4.78 is 13.3. The third kappa shape index (κ3) is 3.37. The molecule has 1 heterocycles. The van der Waals surface area contributed by atoms with E-state index >= 15 is 0 Å². The third-order valence-corrected chi connectivity index (χ3v) is 4.28. The molecule has 1 aromatic rings. The molecule has 0 aliphatic carbocycles. The Kier molecular flexibility index (Phi) is 4.77. The van der Waals surface area contributed by atoms with Crippen LogP contribution in [0.1, 0.15) is 18.9 Å². The van der Waals surface area contributed by atoms with Crippen LogP contribution in [0.25, 0.3) is 0 Å². The van der Waals surface area contributed by atoms with E-state index in [1.54, 1.807) is 4.90 Å². The number of rotatable bonds is 4. The summed E-state index contributed by atoms with van der Waals surface area (Å²) in [5.74, 6) is 0.228. The first-order valence-electron chi connectivity index (χ1n) is 6.34. The van der Waals surface area contributed by atoms with E-state index in [4.69, 9.17) is 5.11 Å². The molecule has 1 aromatic carbocycles. The molecule has 0 saturated carbocycles. The number of benzene rings is 1. The molecule has 108 valence electrons. The van der Waals surface area contributed by atoms with Crippen LogP contribution in [0.4, 0.5) is 10.1 Å². The Balaban J connectivity index is 2.09. The molecular formula is C14H16FNO3S. The number of nitrogens with zero attached hydrogens (tertiary/aromatic N) is 1. The van der Waals surface area contributed by atoms with Crippen molar-refractivity contribution in [3.8, 4) is 0 Å². The van der Waals surface area contributed by atoms with Crippen LogP contribution in [0.3, 0.4) is 0 Å². The Bertz CT molecular complexity index is 535. The summed E-state index contributed by atoms with van der Waals surface area (Å²) in [7, 11) is 0. The molecule has 1 N–H and O–H groups in total. The molecule has 6 heteroatoms. The first-order valence-corrected chi connectivity index (χ1v) is 7.33. The fourth-order valence-electron chi connectivity index (χ4n) is 2.23. The number of carbonyl (C=O) groups is 2. The van der Waals surface area contributed by atoms with Gasteiger partial charge in [-0.15, -0.1) is 0 Å². The fourth-order valence-corrected chi connectivity index (χ4v) is 2.92. The second kappa shape index (κ2) is 6.37. The Morgan fingerprint density at radius 1 is 1.55 bits per heavy atom. The first-order chi connectivity index (χ1) is 9.51. The van der Waals surface area contributed by atoms with Gasteiger partial charge < -0.3 is 10.0 Å². The topological polar surface area (TPSA) is 57.6 Å². The molecule has 0 spiro atoms. The smallest absolute Gasteiger partial charge is 0.227 e. The minimum absolute atomic E-state index is 0.0327. The normalized spacial score (nSPS) is 18.6. The Hall–Kier alpha value is -1.40. The third-order valence-electron chi connectivity index (χ3n) is 3.24. The Morgan fingerprint density at radius 3 is 2.95 bits per heavy atom. The maximum atomic E-state index is 13.3. The quantitative estimate of drug-likeness (QED) is 0.923. The fraction of sp³-hybridized carbons (Fsp3) is 0.429. The summed E-state index contributed by atoms with van der Waals surface area (Å²) >= 11 is 1.22. The van der Waals surface area contributed by atoms with Gasteiger partial charge in [0.15, 0.2) is 5.12 Å². The van der Waals surface area contributed by atoms with Gasteiger partial charge in [0.2, 0.25) is 5.91 Å². The number of amides is 1. The average Bonchev–Trinajstić information content (AvgIpc) is 2.78. The lowest BCUT2D eigenvalue weighted by Gasteiger charge is -2.17. The van der Waals surface area contributed by atoms with Crippen LogP contribution in [0.5, 0.6) is 0 Å². The van der Waals surface area contributed by atoms with Crippen molar-refractivity contribution in [2.45, 2.75) is 20.0 Å². The van der Waals surface area contributed by atoms with Crippen molar-refractivity contribution in [3.63, 3.8) is 0 Å². The van der Waals surface area contributed by atoms with Gasteiger partial charge in [0.1, 0.15) is 5.82 Å². The van der Waals surface area contributed by atoms with Crippen molar-refractivity contribution < 1.29 is 19.1 Å². The SMILES string of the molecule is CC(=O)SCC1CC(=O)N(c2ccc(F)c(CO)c2)C1. The van der Waals surface area contributed by atoms with Gasteiger partial charge in [-0.25, -0.2) is 4.39 Å². The molecule has 0 aromatic heterocycles. The largest absolute Gasteiger partial charge is 0.392 e. The van der Waals surface area contributed by atoms with Gasteiger partial charge in [-0.3, -0.25) is 9.59 Å². The number of aliphatic hydroxyl groups excluding tert-OH is 1. The number of anilines is 1. The number of halogens is 1. The van der Waals surface area contributed by atoms with Crippen LogP contribution in [-0.4, -0.2) is 28.4 Å². The summed E-state index contributed by atoms with van der Waals surface area (Å²) in [6, 6.07) is 4.28. The lowest BCUT2D eigenvalue weighted by Crippen LogP contribution is -2.25. The van der Waals surface area contributed by atoms with Crippen molar-refractivity contribution in [2.24, 2.45) is 5.92 Å². The minimum atomic E-state index is -0.480. The van der Waals surface area contributed by atoms with E-state index in [9.17, 15) is 14.0 Å². The van der Waals surface area contributed by atoms with Crippen LogP contribution >= 0.6 is 11.8 Å². The number of hydrogen-bond donors (Lipinski definition) is 1. The van der Waals surface area contributed by atoms with E-state index in [2.05, 4.69) is 0 Å². The van der Waals surface area contributed by atoms with Gasteiger partial charge in [-0.1, -0.05) is 11.8 Å². The summed E-state index contributed by atoms with van der Waals surface area (Å²) in [5.41, 5.74) is 0.771. The second-order valence-corrected chi connectivity index (χ2v) is 6.01. The van der Waals surface area contributed by atoms with Crippen molar-refractivity contribution in [2.75, 3.05) is 17.2 Å². The highest BCUT2D eigenvalue weighted by Gasteiger charge is 2.31. The highest BCUT2D eigenvalue weighted by molar-refractivity contribution is 8.13. The van der Waals surface area contributed by atoms with Gasteiger partial charge in [0.05, 0.1) is 6.61 Å². The molecule has 1 aliphatic rings. The molecule has 1 unspecified atom stereocenters. The molecule has 0 bridgehead atoms. The molecule has 1 amide bonds. The number of carbonyl (C=O) groups excluding carboxylic acids is 2. The zero-order valence-corrected chi connectivity index (χ0v) is 12.0. The molecule has 4 nitrogen and oxygen atoms in total. The molecule has 1 atom stereocenters. The van der Waals surface area contributed by atoms with E-state index in [1.165, 1.54) is 36.9 Å². The van der Waals surface area contributed by atoms with Gasteiger partial charge >= 0.3 is 0 Å². The summed E-state index contributed by atoms with van der Waals surface area (Å²) in [6.45, 7) is 1.63. The Morgan fingerprint density at radius 2 is 2.30 bits per heavy atom. The molecule has 20 heavy (non-hydrogen) atoms. The van der Waals surface area contributed by atoms with Crippen molar-refractivity contribution in [1.29, 1.82) is 0 Å². The van der Waals surface area contributed by atoms with E-state index < -0.39 is 12.4 Å². The maximum Gasteiger partial charge on any atom is 0.227 e.